The van der Waals surface area contributed by atoms with Crippen LogP contribution in [0.1, 0.15) is 24.3 Å². The van der Waals surface area contributed by atoms with Crippen molar-refractivity contribution in [1.82, 2.24) is 15.1 Å². The predicted octanol–water partition coefficient (Wildman–Crippen LogP) is 4.01. The molecular formula is C22H23N3O3. The minimum absolute atomic E-state index is 0.191. The van der Waals surface area contributed by atoms with Crippen LogP contribution in [0, 0.1) is 12.8 Å². The molecule has 0 aliphatic carbocycles. The normalized spacial score (nSPS) is 15.6. The Balaban J connectivity index is 1.48. The van der Waals surface area contributed by atoms with Gasteiger partial charge in [-0.15, -0.1) is 10.2 Å². The summed E-state index contributed by atoms with van der Waals surface area (Å²) in [4.78, 5) is 13.4. The van der Waals surface area contributed by atoms with E-state index < -0.39 is 5.97 Å². The molecule has 144 valence electrons. The van der Waals surface area contributed by atoms with Gasteiger partial charge in [0.1, 0.15) is 0 Å². The summed E-state index contributed by atoms with van der Waals surface area (Å²) in [6, 6.07) is 16.5. The molecule has 3 aromatic rings. The number of likely N-dealkylation sites (tertiary alicyclic amines) is 1. The minimum Gasteiger partial charge on any atom is -0.481 e. The van der Waals surface area contributed by atoms with E-state index in [1.807, 2.05) is 18.2 Å². The molecule has 0 bridgehead atoms. The number of aliphatic carboxylic acids is 1. The molecule has 0 spiro atoms. The van der Waals surface area contributed by atoms with Crippen LogP contribution in [-0.2, 0) is 11.3 Å². The molecule has 2 heterocycles. The Morgan fingerprint density at radius 2 is 1.75 bits per heavy atom. The van der Waals surface area contributed by atoms with E-state index in [1.54, 1.807) is 6.92 Å². The van der Waals surface area contributed by atoms with Gasteiger partial charge in [-0.2, -0.15) is 0 Å². The average molecular weight is 377 g/mol. The van der Waals surface area contributed by atoms with Gasteiger partial charge in [-0.25, -0.2) is 0 Å². The van der Waals surface area contributed by atoms with Crippen LogP contribution in [0.3, 0.4) is 0 Å². The molecule has 6 heteroatoms. The van der Waals surface area contributed by atoms with E-state index in [9.17, 15) is 4.79 Å². The Bertz CT molecular complexity index is 957. The van der Waals surface area contributed by atoms with Crippen LogP contribution >= 0.6 is 0 Å². The van der Waals surface area contributed by atoms with Crippen LogP contribution < -0.4 is 0 Å². The molecule has 0 radical (unpaired) electrons. The number of aromatic nitrogens is 2. The van der Waals surface area contributed by atoms with Gasteiger partial charge in [-0.05, 0) is 48.7 Å². The van der Waals surface area contributed by atoms with Gasteiger partial charge in [0.15, 0.2) is 0 Å². The molecule has 4 rings (SSSR count). The Kier molecular flexibility index (Phi) is 5.21. The second-order valence-corrected chi connectivity index (χ2v) is 7.26. The summed E-state index contributed by atoms with van der Waals surface area (Å²) in [7, 11) is 0. The van der Waals surface area contributed by atoms with Crippen molar-refractivity contribution in [3.05, 3.63) is 60.0 Å². The first kappa shape index (κ1) is 18.4. The van der Waals surface area contributed by atoms with Gasteiger partial charge in [0.05, 0.1) is 5.92 Å². The Hall–Kier alpha value is -2.99. The number of rotatable bonds is 5. The van der Waals surface area contributed by atoms with Crippen LogP contribution in [0.4, 0.5) is 0 Å². The van der Waals surface area contributed by atoms with Crippen LogP contribution in [-0.4, -0.2) is 39.3 Å². The van der Waals surface area contributed by atoms with E-state index in [-0.39, 0.29) is 5.92 Å². The number of hydrogen-bond acceptors (Lipinski definition) is 5. The van der Waals surface area contributed by atoms with E-state index in [1.165, 1.54) is 5.56 Å². The lowest BCUT2D eigenvalue weighted by Gasteiger charge is -2.30. The number of aryl methyl sites for hydroxylation is 1. The molecule has 1 N–H and O–H groups in total. The fourth-order valence-corrected chi connectivity index (χ4v) is 3.71. The van der Waals surface area contributed by atoms with Gasteiger partial charge in [-0.1, -0.05) is 42.5 Å². The van der Waals surface area contributed by atoms with Gasteiger partial charge in [0.2, 0.25) is 11.8 Å². The summed E-state index contributed by atoms with van der Waals surface area (Å²) in [6.45, 7) is 4.29. The van der Waals surface area contributed by atoms with Gasteiger partial charge >= 0.3 is 5.97 Å². The molecule has 0 unspecified atom stereocenters. The maximum Gasteiger partial charge on any atom is 0.306 e. The number of carboxylic acids is 1. The lowest BCUT2D eigenvalue weighted by Crippen LogP contribution is -2.35. The van der Waals surface area contributed by atoms with Crippen molar-refractivity contribution in [1.29, 1.82) is 0 Å². The van der Waals surface area contributed by atoms with Crippen molar-refractivity contribution in [2.45, 2.75) is 26.3 Å². The number of nitrogens with zero attached hydrogens (tertiary/aromatic N) is 3. The first-order valence-corrected chi connectivity index (χ1v) is 9.54. The smallest absolute Gasteiger partial charge is 0.306 e. The van der Waals surface area contributed by atoms with Gasteiger partial charge in [-0.3, -0.25) is 9.69 Å². The molecule has 1 aromatic heterocycles. The molecule has 1 aliphatic heterocycles. The summed E-state index contributed by atoms with van der Waals surface area (Å²) in [5.41, 5.74) is 4.30. The van der Waals surface area contributed by atoms with Crippen LogP contribution in [0.25, 0.3) is 22.6 Å². The Morgan fingerprint density at radius 3 is 2.36 bits per heavy atom. The first-order valence-electron chi connectivity index (χ1n) is 9.54. The zero-order valence-electron chi connectivity index (χ0n) is 15.8. The van der Waals surface area contributed by atoms with Gasteiger partial charge in [0, 0.05) is 19.0 Å². The highest BCUT2D eigenvalue weighted by Crippen LogP contribution is 2.31. The lowest BCUT2D eigenvalue weighted by molar-refractivity contribution is -0.143. The number of carbonyl (C=O) groups is 1. The molecule has 0 atom stereocenters. The maximum atomic E-state index is 11.1. The highest BCUT2D eigenvalue weighted by molar-refractivity contribution is 5.79. The molecule has 2 aromatic carbocycles. The summed E-state index contributed by atoms with van der Waals surface area (Å²) in [6.07, 6.45) is 1.45. The average Bonchev–Trinajstić information content (AvgIpc) is 3.15. The zero-order valence-corrected chi connectivity index (χ0v) is 15.8. The Labute approximate surface area is 163 Å². The van der Waals surface area contributed by atoms with E-state index in [0.29, 0.717) is 11.8 Å². The SMILES string of the molecule is Cc1nnc(-c2ccccc2-c2ccc(CN3CCC(C(=O)O)CC3)cc2)o1. The first-order chi connectivity index (χ1) is 13.6. The van der Waals surface area contributed by atoms with Crippen molar-refractivity contribution in [3.63, 3.8) is 0 Å². The molecule has 0 amide bonds. The van der Waals surface area contributed by atoms with E-state index in [2.05, 4.69) is 45.4 Å². The van der Waals surface area contributed by atoms with E-state index in [0.717, 1.165) is 49.2 Å². The van der Waals surface area contributed by atoms with Crippen molar-refractivity contribution < 1.29 is 14.3 Å². The second-order valence-electron chi connectivity index (χ2n) is 7.26. The molecule has 1 fully saturated rings. The standard InChI is InChI=1S/C22H23N3O3/c1-15-23-24-21(28-15)20-5-3-2-4-19(20)17-8-6-16(7-9-17)14-25-12-10-18(11-13-25)22(26)27/h2-9,18H,10-14H2,1H3,(H,26,27). The third-order valence-corrected chi connectivity index (χ3v) is 5.29. The number of carboxylic acid groups (broad SMARTS) is 1. The third kappa shape index (κ3) is 3.97. The van der Waals surface area contributed by atoms with Crippen LogP contribution in [0.2, 0.25) is 0 Å². The van der Waals surface area contributed by atoms with Crippen molar-refractivity contribution in [2.24, 2.45) is 5.92 Å². The largest absolute Gasteiger partial charge is 0.481 e. The monoisotopic (exact) mass is 377 g/mol. The lowest BCUT2D eigenvalue weighted by atomic mass is 9.96. The van der Waals surface area contributed by atoms with Gasteiger partial charge in [0.25, 0.3) is 0 Å². The third-order valence-electron chi connectivity index (χ3n) is 5.29. The van der Waals surface area contributed by atoms with Gasteiger partial charge < -0.3 is 9.52 Å². The van der Waals surface area contributed by atoms with Crippen molar-refractivity contribution >= 4 is 5.97 Å². The topological polar surface area (TPSA) is 79.5 Å². The summed E-state index contributed by atoms with van der Waals surface area (Å²) in [5, 5.41) is 17.2. The van der Waals surface area contributed by atoms with Crippen LogP contribution in [0.5, 0.6) is 0 Å². The number of benzene rings is 2. The molecule has 0 saturated carbocycles. The summed E-state index contributed by atoms with van der Waals surface area (Å²) < 4.78 is 5.61. The summed E-state index contributed by atoms with van der Waals surface area (Å²) in [5.74, 6) is 0.216. The fraction of sp³-hybridized carbons (Fsp3) is 0.318. The fourth-order valence-electron chi connectivity index (χ4n) is 3.71. The summed E-state index contributed by atoms with van der Waals surface area (Å²) >= 11 is 0. The molecule has 6 nitrogen and oxygen atoms in total. The van der Waals surface area contributed by atoms with Crippen molar-refractivity contribution in [2.75, 3.05) is 13.1 Å². The Morgan fingerprint density at radius 1 is 1.07 bits per heavy atom. The van der Waals surface area contributed by atoms with E-state index in [4.69, 9.17) is 9.52 Å². The minimum atomic E-state index is -0.667. The highest BCUT2D eigenvalue weighted by Gasteiger charge is 2.24. The number of piperidine rings is 1. The van der Waals surface area contributed by atoms with E-state index >= 15 is 0 Å². The second kappa shape index (κ2) is 7.94. The molecular weight excluding hydrogens is 354 g/mol. The molecule has 1 aliphatic rings. The predicted molar refractivity (Wildman–Crippen MR) is 106 cm³/mol. The van der Waals surface area contributed by atoms with Crippen molar-refractivity contribution in [3.8, 4) is 22.6 Å². The number of hydrogen-bond donors (Lipinski definition) is 1. The van der Waals surface area contributed by atoms with Crippen LogP contribution in [0.15, 0.2) is 52.9 Å². The molecule has 1 saturated heterocycles. The maximum absolute atomic E-state index is 11.1. The quantitative estimate of drug-likeness (QED) is 0.724. The highest BCUT2D eigenvalue weighted by atomic mass is 16.4. The molecule has 28 heavy (non-hydrogen) atoms. The zero-order chi connectivity index (χ0) is 19.5.